The lowest BCUT2D eigenvalue weighted by Gasteiger charge is -2.00. The van der Waals surface area contributed by atoms with Crippen molar-refractivity contribution in [1.82, 2.24) is 20.4 Å². The number of carbonyl (C=O) groups excluding carboxylic acids is 1. The van der Waals surface area contributed by atoms with Crippen molar-refractivity contribution in [2.45, 2.75) is 0 Å². The van der Waals surface area contributed by atoms with Crippen molar-refractivity contribution in [3.05, 3.63) is 36.4 Å². The van der Waals surface area contributed by atoms with E-state index in [1.165, 1.54) is 6.20 Å². The molecular formula is C8H7N5O. The van der Waals surface area contributed by atoms with Gasteiger partial charge in [-0.1, -0.05) is 0 Å². The number of aromatic amines is 1. The Labute approximate surface area is 79.4 Å². The normalized spacial score (nSPS) is 9.71. The van der Waals surface area contributed by atoms with E-state index in [0.29, 0.717) is 5.69 Å². The number of hydrogen-bond donors (Lipinski definition) is 2. The Morgan fingerprint density at radius 1 is 1.43 bits per heavy atom. The molecule has 1 amide bonds. The smallest absolute Gasteiger partial charge is 0.277 e. The number of amides is 1. The van der Waals surface area contributed by atoms with E-state index in [1.54, 1.807) is 24.5 Å². The molecule has 2 rings (SSSR count). The lowest BCUT2D eigenvalue weighted by atomic mass is 10.4. The highest BCUT2D eigenvalue weighted by molar-refractivity contribution is 6.02. The number of nitrogens with one attached hydrogen (secondary N) is 2. The number of nitrogens with zero attached hydrogens (tertiary/aromatic N) is 3. The van der Waals surface area contributed by atoms with E-state index in [2.05, 4.69) is 25.7 Å². The Hall–Kier alpha value is -2.24. The first-order valence-corrected chi connectivity index (χ1v) is 3.93. The summed E-state index contributed by atoms with van der Waals surface area (Å²) in [5.41, 5.74) is 0.870. The van der Waals surface area contributed by atoms with Crippen LogP contribution in [0.4, 0.5) is 5.69 Å². The molecule has 0 aliphatic carbocycles. The molecule has 2 aromatic heterocycles. The van der Waals surface area contributed by atoms with Crippen LogP contribution in [-0.2, 0) is 0 Å². The zero-order chi connectivity index (χ0) is 9.80. The number of H-pyrrole nitrogens is 1. The summed E-state index contributed by atoms with van der Waals surface area (Å²) < 4.78 is 0. The number of pyridine rings is 1. The molecule has 0 fully saturated rings. The maximum Gasteiger partial charge on any atom is 0.277 e. The summed E-state index contributed by atoms with van der Waals surface area (Å²) in [7, 11) is 0. The van der Waals surface area contributed by atoms with Crippen LogP contribution < -0.4 is 5.32 Å². The summed E-state index contributed by atoms with van der Waals surface area (Å²) in [4.78, 5) is 15.3. The molecule has 2 N–H and O–H groups in total. The van der Waals surface area contributed by atoms with Gasteiger partial charge in [0.15, 0.2) is 5.69 Å². The second kappa shape index (κ2) is 3.65. The van der Waals surface area contributed by atoms with E-state index in [1.807, 2.05) is 0 Å². The first kappa shape index (κ1) is 8.36. The minimum absolute atomic E-state index is 0.244. The van der Waals surface area contributed by atoms with Crippen LogP contribution >= 0.6 is 0 Å². The highest BCUT2D eigenvalue weighted by atomic mass is 16.2. The van der Waals surface area contributed by atoms with E-state index in [4.69, 9.17) is 0 Å². The summed E-state index contributed by atoms with van der Waals surface area (Å²) >= 11 is 0. The Kier molecular flexibility index (Phi) is 2.18. The Morgan fingerprint density at radius 2 is 2.36 bits per heavy atom. The summed E-state index contributed by atoms with van der Waals surface area (Å²) in [6.07, 6.45) is 4.54. The fourth-order valence-electron chi connectivity index (χ4n) is 0.943. The molecule has 0 aromatic carbocycles. The van der Waals surface area contributed by atoms with Crippen molar-refractivity contribution in [2.24, 2.45) is 0 Å². The molecule has 70 valence electrons. The summed E-state index contributed by atoms with van der Waals surface area (Å²) in [5.74, 6) is -0.313. The molecule has 0 aliphatic rings. The highest BCUT2D eigenvalue weighted by Gasteiger charge is 2.07. The molecule has 0 spiro atoms. The number of aromatic nitrogens is 4. The summed E-state index contributed by atoms with van der Waals surface area (Å²) in [6.45, 7) is 0. The van der Waals surface area contributed by atoms with Gasteiger partial charge < -0.3 is 5.32 Å². The summed E-state index contributed by atoms with van der Waals surface area (Å²) in [6, 6.07) is 3.48. The molecule has 14 heavy (non-hydrogen) atoms. The van der Waals surface area contributed by atoms with E-state index in [0.717, 1.165) is 0 Å². The van der Waals surface area contributed by atoms with E-state index in [-0.39, 0.29) is 11.6 Å². The number of rotatable bonds is 2. The molecule has 0 bridgehead atoms. The first-order valence-electron chi connectivity index (χ1n) is 3.93. The van der Waals surface area contributed by atoms with Crippen LogP contribution in [0.1, 0.15) is 10.5 Å². The Morgan fingerprint density at radius 3 is 3.00 bits per heavy atom. The lowest BCUT2D eigenvalue weighted by molar-refractivity contribution is 0.102. The predicted octanol–water partition coefficient (Wildman–Crippen LogP) is 0.452. The quantitative estimate of drug-likeness (QED) is 0.718. The third-order valence-electron chi connectivity index (χ3n) is 1.57. The van der Waals surface area contributed by atoms with Gasteiger partial charge in [0.1, 0.15) is 0 Å². The molecule has 0 unspecified atom stereocenters. The van der Waals surface area contributed by atoms with Crippen LogP contribution in [0.15, 0.2) is 30.7 Å². The van der Waals surface area contributed by atoms with Crippen molar-refractivity contribution < 1.29 is 4.79 Å². The molecule has 0 saturated carbocycles. The fourth-order valence-corrected chi connectivity index (χ4v) is 0.943. The maximum atomic E-state index is 11.4. The van der Waals surface area contributed by atoms with Crippen LogP contribution in [0.5, 0.6) is 0 Å². The molecular weight excluding hydrogens is 182 g/mol. The van der Waals surface area contributed by atoms with Gasteiger partial charge in [-0.25, -0.2) is 0 Å². The standard InChI is InChI=1S/C8H7N5O/c14-8(7-5-10-13-12-7)11-6-2-1-3-9-4-6/h1-5H,(H,11,14)(H,10,12,13). The summed E-state index contributed by atoms with van der Waals surface area (Å²) in [5, 5.41) is 12.2. The van der Waals surface area contributed by atoms with Gasteiger partial charge in [0.05, 0.1) is 18.1 Å². The molecule has 0 atom stereocenters. The number of carbonyl (C=O) groups is 1. The largest absolute Gasteiger partial charge is 0.319 e. The maximum absolute atomic E-state index is 11.4. The van der Waals surface area contributed by atoms with Gasteiger partial charge in [0, 0.05) is 6.20 Å². The number of hydrogen-bond acceptors (Lipinski definition) is 4. The zero-order valence-corrected chi connectivity index (χ0v) is 7.14. The molecule has 0 saturated heterocycles. The fraction of sp³-hybridized carbons (Fsp3) is 0. The minimum atomic E-state index is -0.313. The van der Waals surface area contributed by atoms with Gasteiger partial charge in [-0.15, -0.1) is 0 Å². The third kappa shape index (κ3) is 1.74. The van der Waals surface area contributed by atoms with Gasteiger partial charge in [-0.05, 0) is 12.1 Å². The monoisotopic (exact) mass is 189 g/mol. The van der Waals surface area contributed by atoms with Gasteiger partial charge in [-0.2, -0.15) is 15.4 Å². The number of anilines is 1. The molecule has 6 nitrogen and oxygen atoms in total. The molecule has 6 heteroatoms. The van der Waals surface area contributed by atoms with Crippen molar-refractivity contribution in [1.29, 1.82) is 0 Å². The van der Waals surface area contributed by atoms with Crippen LogP contribution in [0.2, 0.25) is 0 Å². The lowest BCUT2D eigenvalue weighted by Crippen LogP contribution is -2.12. The molecule has 0 radical (unpaired) electrons. The topological polar surface area (TPSA) is 83.6 Å². The van der Waals surface area contributed by atoms with Gasteiger partial charge in [0.2, 0.25) is 0 Å². The third-order valence-corrected chi connectivity index (χ3v) is 1.57. The minimum Gasteiger partial charge on any atom is -0.319 e. The Bertz CT molecular complexity index is 411. The van der Waals surface area contributed by atoms with Crippen molar-refractivity contribution >= 4 is 11.6 Å². The van der Waals surface area contributed by atoms with Crippen LogP contribution in [-0.4, -0.2) is 26.3 Å². The van der Waals surface area contributed by atoms with Crippen molar-refractivity contribution in [2.75, 3.05) is 5.32 Å². The average molecular weight is 189 g/mol. The SMILES string of the molecule is O=C(Nc1cccnc1)c1cn[nH]n1. The molecule has 2 heterocycles. The van der Waals surface area contributed by atoms with E-state index < -0.39 is 0 Å². The Balaban J connectivity index is 2.10. The van der Waals surface area contributed by atoms with Crippen molar-refractivity contribution in [3.63, 3.8) is 0 Å². The van der Waals surface area contributed by atoms with E-state index in [9.17, 15) is 4.79 Å². The first-order chi connectivity index (χ1) is 6.86. The van der Waals surface area contributed by atoms with Gasteiger partial charge in [-0.3, -0.25) is 9.78 Å². The second-order valence-electron chi connectivity index (χ2n) is 2.55. The predicted molar refractivity (Wildman–Crippen MR) is 48.6 cm³/mol. The van der Waals surface area contributed by atoms with E-state index >= 15 is 0 Å². The van der Waals surface area contributed by atoms with Crippen LogP contribution in [0.25, 0.3) is 0 Å². The average Bonchev–Trinajstić information content (AvgIpc) is 2.72. The van der Waals surface area contributed by atoms with Crippen molar-refractivity contribution in [3.8, 4) is 0 Å². The van der Waals surface area contributed by atoms with Gasteiger partial charge >= 0.3 is 0 Å². The van der Waals surface area contributed by atoms with Gasteiger partial charge in [0.25, 0.3) is 5.91 Å². The second-order valence-corrected chi connectivity index (χ2v) is 2.55. The molecule has 2 aromatic rings. The molecule has 0 aliphatic heterocycles. The highest BCUT2D eigenvalue weighted by Crippen LogP contribution is 2.04. The zero-order valence-electron chi connectivity index (χ0n) is 7.14. The van der Waals surface area contributed by atoms with Crippen LogP contribution in [0, 0.1) is 0 Å². The van der Waals surface area contributed by atoms with Crippen LogP contribution in [0.3, 0.4) is 0 Å².